The van der Waals surface area contributed by atoms with Crippen LogP contribution >= 0.6 is 15.9 Å². The molecule has 2 rings (SSSR count). The summed E-state index contributed by atoms with van der Waals surface area (Å²) in [6.07, 6.45) is 0.868. The fourth-order valence-corrected chi connectivity index (χ4v) is 2.06. The molecule has 0 aliphatic rings. The van der Waals surface area contributed by atoms with Crippen LogP contribution in [-0.4, -0.2) is 6.54 Å². The summed E-state index contributed by atoms with van der Waals surface area (Å²) in [4.78, 5) is 0. The van der Waals surface area contributed by atoms with E-state index in [-0.39, 0.29) is 11.9 Å². The van der Waals surface area contributed by atoms with E-state index in [1.54, 1.807) is 0 Å². The second-order valence-electron chi connectivity index (χ2n) is 4.19. The molecule has 0 spiro atoms. The molecule has 1 unspecified atom stereocenters. The number of nitrogens with one attached hydrogen (secondary N) is 1. The van der Waals surface area contributed by atoms with Crippen molar-refractivity contribution in [3.05, 3.63) is 58.2 Å². The Labute approximate surface area is 114 Å². The summed E-state index contributed by atoms with van der Waals surface area (Å²) in [5.74, 6) is 0.710. The van der Waals surface area contributed by atoms with Gasteiger partial charge in [0.05, 0.1) is 6.04 Å². The van der Waals surface area contributed by atoms with Crippen LogP contribution < -0.4 is 5.32 Å². The van der Waals surface area contributed by atoms with Crippen molar-refractivity contribution < 1.29 is 8.81 Å². The van der Waals surface area contributed by atoms with Crippen LogP contribution in [0.4, 0.5) is 4.39 Å². The van der Waals surface area contributed by atoms with Crippen molar-refractivity contribution in [1.29, 1.82) is 0 Å². The normalized spacial score (nSPS) is 12.6. The van der Waals surface area contributed by atoms with Gasteiger partial charge < -0.3 is 9.73 Å². The molecule has 0 aliphatic heterocycles. The topological polar surface area (TPSA) is 25.2 Å². The maximum Gasteiger partial charge on any atom is 0.169 e. The molecule has 0 saturated heterocycles. The number of furan rings is 1. The lowest BCUT2D eigenvalue weighted by Gasteiger charge is -2.11. The highest BCUT2D eigenvalue weighted by Gasteiger charge is 2.08. The van der Waals surface area contributed by atoms with Crippen molar-refractivity contribution in [2.24, 2.45) is 0 Å². The van der Waals surface area contributed by atoms with E-state index in [1.165, 1.54) is 12.1 Å². The summed E-state index contributed by atoms with van der Waals surface area (Å²) in [5.41, 5.74) is 1.12. The third-order valence-electron chi connectivity index (χ3n) is 2.80. The molecule has 1 aromatic heterocycles. The zero-order valence-corrected chi connectivity index (χ0v) is 11.7. The number of hydrogen-bond acceptors (Lipinski definition) is 2. The molecular formula is C14H15BrFNO. The minimum atomic E-state index is -0.194. The van der Waals surface area contributed by atoms with Gasteiger partial charge in [0.25, 0.3) is 0 Å². The summed E-state index contributed by atoms with van der Waals surface area (Å²) in [5, 5.41) is 3.37. The van der Waals surface area contributed by atoms with E-state index in [9.17, 15) is 4.39 Å². The summed E-state index contributed by atoms with van der Waals surface area (Å²) < 4.78 is 18.9. The first-order chi connectivity index (χ1) is 8.65. The fourth-order valence-electron chi connectivity index (χ4n) is 1.75. The lowest BCUT2D eigenvalue weighted by atomic mass is 10.1. The Kier molecular flexibility index (Phi) is 4.55. The summed E-state index contributed by atoms with van der Waals surface area (Å²) in [6, 6.07) is 10.6. The van der Waals surface area contributed by atoms with E-state index < -0.39 is 0 Å². The van der Waals surface area contributed by atoms with Crippen LogP contribution in [0.3, 0.4) is 0 Å². The molecule has 1 aromatic carbocycles. The number of rotatable bonds is 5. The Balaban J connectivity index is 1.80. The Morgan fingerprint density at radius 3 is 2.56 bits per heavy atom. The largest absolute Gasteiger partial charge is 0.453 e. The highest BCUT2D eigenvalue weighted by molar-refractivity contribution is 9.10. The first-order valence-corrected chi connectivity index (χ1v) is 6.67. The Hall–Kier alpha value is -1.13. The van der Waals surface area contributed by atoms with Gasteiger partial charge in [-0.1, -0.05) is 12.1 Å². The molecule has 1 heterocycles. The van der Waals surface area contributed by atoms with Gasteiger partial charge in [0.2, 0.25) is 0 Å². The average Bonchev–Trinajstić information content (AvgIpc) is 2.78. The number of halogens is 2. The van der Waals surface area contributed by atoms with Crippen LogP contribution in [0.1, 0.15) is 24.3 Å². The molecule has 2 nitrogen and oxygen atoms in total. The standard InChI is InChI=1S/C14H15BrFNO/c1-10(13-6-7-14(15)18-13)17-9-8-11-2-4-12(16)5-3-11/h2-7,10,17H,8-9H2,1H3. The molecule has 1 atom stereocenters. The number of benzene rings is 1. The summed E-state index contributed by atoms with van der Waals surface area (Å²) >= 11 is 3.28. The van der Waals surface area contributed by atoms with Crippen LogP contribution in [0.5, 0.6) is 0 Å². The second-order valence-corrected chi connectivity index (χ2v) is 4.98. The van der Waals surface area contributed by atoms with E-state index in [4.69, 9.17) is 4.42 Å². The highest BCUT2D eigenvalue weighted by Crippen LogP contribution is 2.19. The van der Waals surface area contributed by atoms with Gasteiger partial charge >= 0.3 is 0 Å². The third-order valence-corrected chi connectivity index (χ3v) is 3.22. The number of hydrogen-bond donors (Lipinski definition) is 1. The van der Waals surface area contributed by atoms with Crippen molar-refractivity contribution in [1.82, 2.24) is 5.32 Å². The van der Waals surface area contributed by atoms with Gasteiger partial charge in [0.1, 0.15) is 11.6 Å². The molecule has 18 heavy (non-hydrogen) atoms. The summed E-state index contributed by atoms with van der Waals surface area (Å²) in [7, 11) is 0. The predicted octanol–water partition coefficient (Wildman–Crippen LogP) is 4.07. The van der Waals surface area contributed by atoms with E-state index in [0.29, 0.717) is 0 Å². The van der Waals surface area contributed by atoms with Crippen LogP contribution in [0.15, 0.2) is 45.5 Å². The van der Waals surface area contributed by atoms with Gasteiger partial charge in [-0.2, -0.15) is 0 Å². The quantitative estimate of drug-likeness (QED) is 0.900. The van der Waals surface area contributed by atoms with Crippen molar-refractivity contribution >= 4 is 15.9 Å². The highest BCUT2D eigenvalue weighted by atomic mass is 79.9. The molecule has 2 aromatic rings. The average molecular weight is 312 g/mol. The molecule has 1 N–H and O–H groups in total. The summed E-state index contributed by atoms with van der Waals surface area (Å²) in [6.45, 7) is 2.88. The molecule has 0 fully saturated rings. The SMILES string of the molecule is CC(NCCc1ccc(F)cc1)c1ccc(Br)o1. The maximum atomic E-state index is 12.7. The smallest absolute Gasteiger partial charge is 0.169 e. The van der Waals surface area contributed by atoms with Crippen LogP contribution in [0.25, 0.3) is 0 Å². The van der Waals surface area contributed by atoms with E-state index >= 15 is 0 Å². The zero-order valence-electron chi connectivity index (χ0n) is 10.1. The van der Waals surface area contributed by atoms with Gasteiger partial charge in [-0.25, -0.2) is 4.39 Å². The molecule has 0 radical (unpaired) electrons. The Morgan fingerprint density at radius 2 is 1.94 bits per heavy atom. The van der Waals surface area contributed by atoms with Gasteiger partial charge in [-0.3, -0.25) is 0 Å². The van der Waals surface area contributed by atoms with Crippen LogP contribution in [0, 0.1) is 5.82 Å². The Morgan fingerprint density at radius 1 is 1.22 bits per heavy atom. The molecule has 4 heteroatoms. The van der Waals surface area contributed by atoms with Gasteiger partial charge in [0, 0.05) is 0 Å². The first-order valence-electron chi connectivity index (χ1n) is 5.88. The zero-order chi connectivity index (χ0) is 13.0. The van der Waals surface area contributed by atoms with Crippen molar-refractivity contribution in [3.63, 3.8) is 0 Å². The van der Waals surface area contributed by atoms with Gasteiger partial charge in [-0.05, 0) is 65.6 Å². The van der Waals surface area contributed by atoms with Crippen LogP contribution in [0.2, 0.25) is 0 Å². The fraction of sp³-hybridized carbons (Fsp3) is 0.286. The molecule has 0 aliphatic carbocycles. The van der Waals surface area contributed by atoms with E-state index in [0.717, 1.165) is 29.0 Å². The minimum Gasteiger partial charge on any atom is -0.453 e. The van der Waals surface area contributed by atoms with Crippen molar-refractivity contribution in [2.45, 2.75) is 19.4 Å². The molecule has 0 saturated carbocycles. The third kappa shape index (κ3) is 3.68. The molecular weight excluding hydrogens is 297 g/mol. The second kappa shape index (κ2) is 6.16. The van der Waals surface area contributed by atoms with E-state index in [2.05, 4.69) is 28.2 Å². The first kappa shape index (κ1) is 13.3. The monoisotopic (exact) mass is 311 g/mol. The maximum absolute atomic E-state index is 12.7. The van der Waals surface area contributed by atoms with Crippen LogP contribution in [-0.2, 0) is 6.42 Å². The minimum absolute atomic E-state index is 0.164. The van der Waals surface area contributed by atoms with Gasteiger partial charge in [-0.15, -0.1) is 0 Å². The van der Waals surface area contributed by atoms with Gasteiger partial charge in [0.15, 0.2) is 4.67 Å². The lowest BCUT2D eigenvalue weighted by Crippen LogP contribution is -2.20. The molecule has 96 valence electrons. The molecule has 0 amide bonds. The lowest BCUT2D eigenvalue weighted by molar-refractivity contribution is 0.420. The molecule has 0 bridgehead atoms. The Bertz CT molecular complexity index is 495. The van der Waals surface area contributed by atoms with Crippen molar-refractivity contribution in [2.75, 3.05) is 6.54 Å². The van der Waals surface area contributed by atoms with Crippen molar-refractivity contribution in [3.8, 4) is 0 Å². The van der Waals surface area contributed by atoms with E-state index in [1.807, 2.05) is 24.3 Å². The predicted molar refractivity (Wildman–Crippen MR) is 72.9 cm³/mol.